The van der Waals surface area contributed by atoms with Gasteiger partial charge in [-0.05, 0) is 61.6 Å². The van der Waals surface area contributed by atoms with Gasteiger partial charge in [0, 0.05) is 29.7 Å². The number of halogens is 1. The van der Waals surface area contributed by atoms with E-state index >= 15 is 4.39 Å². The number of aliphatic hydroxyl groups is 1. The minimum Gasteiger partial charge on any atom is -0.396 e. The van der Waals surface area contributed by atoms with Crippen molar-refractivity contribution in [2.75, 3.05) is 6.61 Å². The van der Waals surface area contributed by atoms with E-state index in [1.807, 2.05) is 68.4 Å². The molecule has 9 heteroatoms. The number of benzene rings is 2. The number of para-hydroxylation sites is 1. The fraction of sp³-hybridized carbons (Fsp3) is 0.379. The molecule has 3 N–H and O–H groups in total. The van der Waals surface area contributed by atoms with E-state index in [4.69, 9.17) is 9.66 Å². The maximum atomic E-state index is 16.0. The van der Waals surface area contributed by atoms with Crippen molar-refractivity contribution in [3.63, 3.8) is 0 Å². The average Bonchev–Trinajstić information content (AvgIpc) is 3.29. The predicted octanol–water partition coefficient (Wildman–Crippen LogP) is 5.23. The summed E-state index contributed by atoms with van der Waals surface area (Å²) in [4.78, 5) is 4.66. The Balaban J connectivity index is 1.88. The second-order valence-corrected chi connectivity index (χ2v) is 18.2. The number of hydrogen-bond donors (Lipinski definition) is 2. The van der Waals surface area contributed by atoms with Crippen molar-refractivity contribution in [3.8, 4) is 11.3 Å². The number of aliphatic hydroxyl groups excluding tert-OH is 1. The molecule has 0 aliphatic rings. The highest BCUT2D eigenvalue weighted by Crippen LogP contribution is 2.39. The number of aromatic nitrogens is 2. The summed E-state index contributed by atoms with van der Waals surface area (Å²) in [5.74, 6) is -0.545. The summed E-state index contributed by atoms with van der Waals surface area (Å²) in [7, 11) is -3.64. The molecule has 2 aromatic carbocycles. The van der Waals surface area contributed by atoms with Crippen LogP contribution in [0.2, 0.25) is 19.6 Å². The van der Waals surface area contributed by atoms with Crippen molar-refractivity contribution in [1.82, 2.24) is 10.1 Å². The van der Waals surface area contributed by atoms with Gasteiger partial charge in [0.1, 0.15) is 11.5 Å². The van der Waals surface area contributed by atoms with Crippen LogP contribution in [0.25, 0.3) is 22.2 Å². The molecule has 4 rings (SSSR count). The first-order valence-corrected chi connectivity index (χ1v) is 17.5. The molecule has 0 bridgehead atoms. The number of fused-ring (bicyclic) bond motifs is 1. The van der Waals surface area contributed by atoms with Crippen molar-refractivity contribution < 1.29 is 18.2 Å². The van der Waals surface area contributed by atoms with Crippen molar-refractivity contribution in [3.05, 3.63) is 77.4 Å². The molecule has 1 unspecified atom stereocenters. The zero-order valence-corrected chi connectivity index (χ0v) is 24.4. The average molecular weight is 554 g/mol. The third-order valence-electron chi connectivity index (χ3n) is 7.01. The van der Waals surface area contributed by atoms with Crippen LogP contribution in [0.5, 0.6) is 0 Å². The summed E-state index contributed by atoms with van der Waals surface area (Å²) in [5.41, 5.74) is 4.24. The molecule has 0 radical (unpaired) electrons. The smallest absolute Gasteiger partial charge is 0.167 e. The highest BCUT2D eigenvalue weighted by molar-refractivity contribution is 7.84. The van der Waals surface area contributed by atoms with Gasteiger partial charge in [-0.2, -0.15) is 0 Å². The highest BCUT2D eigenvalue weighted by Gasteiger charge is 2.33. The molecular weight excluding hydrogens is 517 g/mol. The van der Waals surface area contributed by atoms with E-state index in [1.54, 1.807) is 0 Å². The van der Waals surface area contributed by atoms with E-state index in [0.717, 1.165) is 16.5 Å². The number of nitrogens with two attached hydrogens (primary N) is 1. The molecule has 4 aromatic rings. The first-order valence-electron chi connectivity index (χ1n) is 12.8. The molecule has 0 fully saturated rings. The Morgan fingerprint density at radius 1 is 1.13 bits per heavy atom. The van der Waals surface area contributed by atoms with Crippen molar-refractivity contribution in [2.24, 2.45) is 5.14 Å². The van der Waals surface area contributed by atoms with Crippen LogP contribution >= 0.6 is 0 Å². The van der Waals surface area contributed by atoms with Crippen LogP contribution in [0.1, 0.15) is 43.1 Å². The van der Waals surface area contributed by atoms with Crippen LogP contribution in [0.4, 0.5) is 4.39 Å². The molecule has 0 saturated heterocycles. The molecule has 0 amide bonds. The molecule has 6 nitrogen and oxygen atoms in total. The lowest BCUT2D eigenvalue weighted by molar-refractivity contribution is 0.298. The van der Waals surface area contributed by atoms with Gasteiger partial charge >= 0.3 is 0 Å². The lowest BCUT2D eigenvalue weighted by Crippen LogP contribution is -2.41. The third kappa shape index (κ3) is 5.96. The van der Waals surface area contributed by atoms with Crippen LogP contribution in [-0.2, 0) is 23.8 Å². The van der Waals surface area contributed by atoms with Gasteiger partial charge in [-0.25, -0.2) is 8.60 Å². The minimum atomic E-state index is -2.04. The standard InChI is InChI=1S/C29H36FN3O3SSi/c1-29(2,37(31)35)18-19(16-24-27(30)26(38(3,4)5)17-20(32-24)14-15-34)21-10-6-7-11-22(21)28-23-12-8-9-13-25(23)36-33-28/h6-13,17,19,34H,14-16,18,31H2,1-5H3/t19-,37?/m0/s1. The van der Waals surface area contributed by atoms with Gasteiger partial charge in [-0.3, -0.25) is 10.1 Å². The van der Waals surface area contributed by atoms with Crippen LogP contribution in [0, 0.1) is 5.82 Å². The summed E-state index contributed by atoms with van der Waals surface area (Å²) < 4.78 is 33.4. The van der Waals surface area contributed by atoms with E-state index in [9.17, 15) is 9.32 Å². The summed E-state index contributed by atoms with van der Waals surface area (Å²) in [5, 5.41) is 21.5. The molecule has 0 saturated carbocycles. The monoisotopic (exact) mass is 553 g/mol. The lowest BCUT2D eigenvalue weighted by atomic mass is 9.82. The molecular formula is C29H36FN3O3SSi. The van der Waals surface area contributed by atoms with Gasteiger partial charge in [-0.15, -0.1) is 0 Å². The number of rotatable bonds is 10. The van der Waals surface area contributed by atoms with Crippen molar-refractivity contribution in [2.45, 2.75) is 63.4 Å². The van der Waals surface area contributed by atoms with Gasteiger partial charge in [-0.1, -0.05) is 61.2 Å². The van der Waals surface area contributed by atoms with E-state index in [2.05, 4.69) is 29.8 Å². The summed E-state index contributed by atoms with van der Waals surface area (Å²) >= 11 is 0. The number of pyridine rings is 1. The summed E-state index contributed by atoms with van der Waals surface area (Å²) in [6, 6.07) is 17.4. The van der Waals surface area contributed by atoms with Crippen molar-refractivity contribution in [1.29, 1.82) is 0 Å². The fourth-order valence-electron chi connectivity index (χ4n) is 4.91. The molecule has 0 spiro atoms. The quantitative estimate of drug-likeness (QED) is 0.262. The Labute approximate surface area is 227 Å². The van der Waals surface area contributed by atoms with Gasteiger partial charge in [0.05, 0.1) is 29.5 Å². The normalized spacial score (nSPS) is 14.1. The Bertz CT molecular complexity index is 1470. The molecule has 0 aliphatic carbocycles. The number of nitrogens with zero attached hydrogens (tertiary/aromatic N) is 2. The summed E-state index contributed by atoms with van der Waals surface area (Å²) in [6.45, 7) is 9.96. The molecule has 2 heterocycles. The fourth-order valence-corrected chi connectivity index (χ4v) is 6.68. The van der Waals surface area contributed by atoms with E-state index < -0.39 is 23.8 Å². The largest absolute Gasteiger partial charge is 0.396 e. The molecule has 38 heavy (non-hydrogen) atoms. The molecule has 202 valence electrons. The maximum absolute atomic E-state index is 16.0. The first kappa shape index (κ1) is 28.3. The van der Waals surface area contributed by atoms with Crippen molar-refractivity contribution >= 4 is 35.2 Å². The van der Waals surface area contributed by atoms with Gasteiger partial charge < -0.3 is 9.63 Å². The SMILES string of the molecule is CC(C)(C[C@H](Cc1nc(CCO)cc([Si](C)(C)C)c1F)c1ccccc1-c1noc2ccccc12)S(N)=O. The Morgan fingerprint density at radius 2 is 1.82 bits per heavy atom. The van der Waals surface area contributed by atoms with Gasteiger partial charge in [0.25, 0.3) is 0 Å². The van der Waals surface area contributed by atoms with Crippen LogP contribution in [0.3, 0.4) is 0 Å². The van der Waals surface area contributed by atoms with E-state index in [0.29, 0.717) is 40.7 Å². The first-order chi connectivity index (χ1) is 17.9. The third-order valence-corrected chi connectivity index (χ3v) is 10.2. The molecule has 2 atom stereocenters. The van der Waals surface area contributed by atoms with Crippen LogP contribution in [-0.4, -0.2) is 38.9 Å². The zero-order valence-electron chi connectivity index (χ0n) is 22.6. The van der Waals surface area contributed by atoms with Crippen LogP contribution in [0.15, 0.2) is 59.1 Å². The Hall–Kier alpha value is -2.72. The van der Waals surface area contributed by atoms with E-state index in [1.165, 1.54) is 0 Å². The predicted molar refractivity (Wildman–Crippen MR) is 155 cm³/mol. The lowest BCUT2D eigenvalue weighted by Gasteiger charge is -2.29. The van der Waals surface area contributed by atoms with E-state index in [-0.39, 0.29) is 24.8 Å². The van der Waals surface area contributed by atoms with Crippen LogP contribution < -0.4 is 10.3 Å². The van der Waals surface area contributed by atoms with Gasteiger partial charge in [0.15, 0.2) is 5.58 Å². The number of hydrogen-bond acceptors (Lipinski definition) is 5. The summed E-state index contributed by atoms with van der Waals surface area (Å²) in [6.07, 6.45) is 1.09. The maximum Gasteiger partial charge on any atom is 0.167 e. The second-order valence-electron chi connectivity index (χ2n) is 11.4. The Morgan fingerprint density at radius 3 is 2.50 bits per heavy atom. The topological polar surface area (TPSA) is 102 Å². The Kier molecular flexibility index (Phi) is 8.32. The highest BCUT2D eigenvalue weighted by atomic mass is 32.2. The molecule has 0 aliphatic heterocycles. The zero-order chi connectivity index (χ0) is 27.7. The van der Waals surface area contributed by atoms with Gasteiger partial charge in [0.2, 0.25) is 0 Å². The second kappa shape index (κ2) is 11.2. The molecule has 2 aromatic heterocycles. The minimum absolute atomic E-state index is 0.0616.